The van der Waals surface area contributed by atoms with Crippen molar-refractivity contribution in [2.24, 2.45) is 17.6 Å². The minimum atomic E-state index is 0.574. The summed E-state index contributed by atoms with van der Waals surface area (Å²) in [4.78, 5) is 2.58. The molecule has 1 fully saturated rings. The summed E-state index contributed by atoms with van der Waals surface area (Å²) < 4.78 is 0. The van der Waals surface area contributed by atoms with Gasteiger partial charge in [0, 0.05) is 6.54 Å². The van der Waals surface area contributed by atoms with Crippen LogP contribution < -0.4 is 5.73 Å². The lowest BCUT2D eigenvalue weighted by Crippen LogP contribution is -2.34. The van der Waals surface area contributed by atoms with E-state index in [2.05, 4.69) is 30.1 Å². The van der Waals surface area contributed by atoms with Gasteiger partial charge in [0.15, 0.2) is 0 Å². The van der Waals surface area contributed by atoms with E-state index in [-0.39, 0.29) is 0 Å². The predicted molar refractivity (Wildman–Crippen MR) is 69.2 cm³/mol. The van der Waals surface area contributed by atoms with Gasteiger partial charge >= 0.3 is 0 Å². The fraction of sp³-hybridized carbons (Fsp3) is 0.714. The van der Waals surface area contributed by atoms with Gasteiger partial charge in [0.1, 0.15) is 0 Å². The Morgan fingerprint density at radius 1 is 1.38 bits per heavy atom. The lowest BCUT2D eigenvalue weighted by Gasteiger charge is -2.31. The second-order valence-corrected chi connectivity index (χ2v) is 5.33. The van der Waals surface area contributed by atoms with Gasteiger partial charge in [0.2, 0.25) is 0 Å². The molecule has 0 bridgehead atoms. The van der Waals surface area contributed by atoms with Gasteiger partial charge in [-0.05, 0) is 56.3 Å². The van der Waals surface area contributed by atoms with Crippen LogP contribution in [0.25, 0.3) is 0 Å². The van der Waals surface area contributed by atoms with Crippen molar-refractivity contribution >= 4 is 0 Å². The summed E-state index contributed by atoms with van der Waals surface area (Å²) in [5.74, 6) is 1.50. The first kappa shape index (κ1) is 11.9. The highest BCUT2D eigenvalue weighted by Gasteiger charge is 2.16. The van der Waals surface area contributed by atoms with Gasteiger partial charge in [-0.1, -0.05) is 25.2 Å². The molecule has 0 aromatic heterocycles. The van der Waals surface area contributed by atoms with Gasteiger partial charge in [-0.15, -0.1) is 0 Å². The zero-order chi connectivity index (χ0) is 11.4. The Kier molecular flexibility index (Phi) is 4.19. The third-order valence-electron chi connectivity index (χ3n) is 3.85. The molecule has 2 rings (SSSR count). The van der Waals surface area contributed by atoms with E-state index in [0.29, 0.717) is 5.92 Å². The SMILES string of the molecule is CC1CCN(CC2=CCC(CN)C=C2)CC1. The van der Waals surface area contributed by atoms with Gasteiger partial charge < -0.3 is 5.73 Å². The molecule has 1 aliphatic carbocycles. The summed E-state index contributed by atoms with van der Waals surface area (Å²) in [5, 5.41) is 0. The van der Waals surface area contributed by atoms with Gasteiger partial charge in [-0.25, -0.2) is 0 Å². The standard InChI is InChI=1S/C14H24N2/c1-12-6-8-16(9-7-12)11-14-4-2-13(10-15)3-5-14/h2,4-5,12-13H,3,6-11,15H2,1H3. The molecule has 1 unspecified atom stereocenters. The van der Waals surface area contributed by atoms with Gasteiger partial charge in [0.05, 0.1) is 0 Å². The summed E-state index contributed by atoms with van der Waals surface area (Å²) in [6.45, 7) is 6.82. The van der Waals surface area contributed by atoms with Crippen LogP contribution in [-0.2, 0) is 0 Å². The molecule has 0 amide bonds. The molecule has 0 radical (unpaired) electrons. The first-order valence-corrected chi connectivity index (χ1v) is 6.57. The smallest absolute Gasteiger partial charge is 0.0230 e. The van der Waals surface area contributed by atoms with Crippen molar-refractivity contribution in [3.8, 4) is 0 Å². The van der Waals surface area contributed by atoms with Crippen LogP contribution in [0.15, 0.2) is 23.8 Å². The molecule has 2 aliphatic rings. The molecular formula is C14H24N2. The molecule has 2 heteroatoms. The maximum Gasteiger partial charge on any atom is 0.0230 e. The molecule has 2 N–H and O–H groups in total. The molecule has 16 heavy (non-hydrogen) atoms. The summed E-state index contributed by atoms with van der Waals surface area (Å²) in [5.41, 5.74) is 7.14. The van der Waals surface area contributed by atoms with Crippen molar-refractivity contribution in [1.82, 2.24) is 4.90 Å². The summed E-state index contributed by atoms with van der Waals surface area (Å²) >= 11 is 0. The topological polar surface area (TPSA) is 29.3 Å². The van der Waals surface area contributed by atoms with Crippen molar-refractivity contribution in [2.75, 3.05) is 26.2 Å². The Labute approximate surface area is 99.2 Å². The van der Waals surface area contributed by atoms with Crippen LogP contribution in [0.4, 0.5) is 0 Å². The summed E-state index contributed by atoms with van der Waals surface area (Å²) in [6, 6.07) is 0. The molecular weight excluding hydrogens is 196 g/mol. The molecule has 0 aromatic carbocycles. The zero-order valence-electron chi connectivity index (χ0n) is 10.4. The monoisotopic (exact) mass is 220 g/mol. The van der Waals surface area contributed by atoms with E-state index in [4.69, 9.17) is 5.73 Å². The highest BCUT2D eigenvalue weighted by atomic mass is 15.1. The number of piperidine rings is 1. The summed E-state index contributed by atoms with van der Waals surface area (Å²) in [7, 11) is 0. The molecule has 0 saturated carbocycles. The largest absolute Gasteiger partial charge is 0.330 e. The van der Waals surface area contributed by atoms with Crippen LogP contribution in [-0.4, -0.2) is 31.1 Å². The highest BCUT2D eigenvalue weighted by molar-refractivity contribution is 5.25. The number of rotatable bonds is 3. The molecule has 1 atom stereocenters. The van der Waals surface area contributed by atoms with Gasteiger partial charge in [-0.2, -0.15) is 0 Å². The second-order valence-electron chi connectivity index (χ2n) is 5.33. The first-order chi connectivity index (χ1) is 7.78. The Hall–Kier alpha value is -0.600. The van der Waals surface area contributed by atoms with Crippen LogP contribution in [0, 0.1) is 11.8 Å². The van der Waals surface area contributed by atoms with Gasteiger partial charge in [-0.3, -0.25) is 4.90 Å². The Morgan fingerprint density at radius 2 is 2.12 bits per heavy atom. The van der Waals surface area contributed by atoms with E-state index in [1.165, 1.54) is 31.5 Å². The van der Waals surface area contributed by atoms with E-state index in [1.54, 1.807) is 0 Å². The van der Waals surface area contributed by atoms with Gasteiger partial charge in [0.25, 0.3) is 0 Å². The van der Waals surface area contributed by atoms with Crippen molar-refractivity contribution in [3.63, 3.8) is 0 Å². The van der Waals surface area contributed by atoms with E-state index in [0.717, 1.165) is 25.4 Å². The number of hydrogen-bond donors (Lipinski definition) is 1. The van der Waals surface area contributed by atoms with Crippen molar-refractivity contribution in [2.45, 2.75) is 26.2 Å². The van der Waals surface area contributed by atoms with E-state index in [1.807, 2.05) is 0 Å². The molecule has 2 nitrogen and oxygen atoms in total. The van der Waals surface area contributed by atoms with Crippen molar-refractivity contribution in [1.29, 1.82) is 0 Å². The van der Waals surface area contributed by atoms with Crippen LogP contribution in [0.2, 0.25) is 0 Å². The van der Waals surface area contributed by atoms with E-state index >= 15 is 0 Å². The maximum absolute atomic E-state index is 5.66. The number of nitrogens with zero attached hydrogens (tertiary/aromatic N) is 1. The van der Waals surface area contributed by atoms with Crippen LogP contribution >= 0.6 is 0 Å². The van der Waals surface area contributed by atoms with Crippen LogP contribution in [0.3, 0.4) is 0 Å². The maximum atomic E-state index is 5.66. The number of likely N-dealkylation sites (tertiary alicyclic amines) is 1. The lowest BCUT2D eigenvalue weighted by molar-refractivity contribution is 0.207. The molecule has 1 aliphatic heterocycles. The minimum absolute atomic E-state index is 0.574. The Morgan fingerprint density at radius 3 is 2.69 bits per heavy atom. The molecule has 0 aromatic rings. The molecule has 90 valence electrons. The third kappa shape index (κ3) is 3.19. The minimum Gasteiger partial charge on any atom is -0.330 e. The van der Waals surface area contributed by atoms with E-state index < -0.39 is 0 Å². The zero-order valence-corrected chi connectivity index (χ0v) is 10.4. The van der Waals surface area contributed by atoms with Crippen LogP contribution in [0.1, 0.15) is 26.2 Å². The number of hydrogen-bond acceptors (Lipinski definition) is 2. The quantitative estimate of drug-likeness (QED) is 0.790. The average molecular weight is 220 g/mol. The molecule has 1 heterocycles. The second kappa shape index (κ2) is 5.65. The molecule has 1 saturated heterocycles. The third-order valence-corrected chi connectivity index (χ3v) is 3.85. The molecule has 0 spiro atoms. The first-order valence-electron chi connectivity index (χ1n) is 6.57. The number of allylic oxidation sites excluding steroid dienone is 1. The van der Waals surface area contributed by atoms with E-state index in [9.17, 15) is 0 Å². The Bertz CT molecular complexity index is 272. The normalized spacial score (nSPS) is 28.1. The fourth-order valence-electron chi connectivity index (χ4n) is 2.48. The van der Waals surface area contributed by atoms with Crippen molar-refractivity contribution < 1.29 is 0 Å². The fourth-order valence-corrected chi connectivity index (χ4v) is 2.48. The summed E-state index contributed by atoms with van der Waals surface area (Å²) in [6.07, 6.45) is 10.8. The Balaban J connectivity index is 1.78. The average Bonchev–Trinajstić information content (AvgIpc) is 2.33. The van der Waals surface area contributed by atoms with Crippen LogP contribution in [0.5, 0.6) is 0 Å². The predicted octanol–water partition coefficient (Wildman–Crippen LogP) is 2.18. The lowest BCUT2D eigenvalue weighted by atomic mass is 9.95. The highest BCUT2D eigenvalue weighted by Crippen LogP contribution is 2.20. The number of nitrogens with two attached hydrogens (primary N) is 1. The van der Waals surface area contributed by atoms with Crippen molar-refractivity contribution in [3.05, 3.63) is 23.8 Å².